The summed E-state index contributed by atoms with van der Waals surface area (Å²) in [6, 6.07) is 2.40. The van der Waals surface area contributed by atoms with Crippen LogP contribution in [-0.4, -0.2) is 18.5 Å². The molecule has 4 heteroatoms. The maximum atomic E-state index is 11.5. The zero-order valence-electron chi connectivity index (χ0n) is 10.9. The Bertz CT molecular complexity index is 349. The second-order valence-corrected chi connectivity index (χ2v) is 5.33. The number of thiophene rings is 1. The molecule has 0 aliphatic carbocycles. The zero-order chi connectivity index (χ0) is 12.7. The predicted octanol–water partition coefficient (Wildman–Crippen LogP) is 2.45. The van der Waals surface area contributed by atoms with E-state index < -0.39 is 0 Å². The molecule has 96 valence electrons. The van der Waals surface area contributed by atoms with Gasteiger partial charge in [0.25, 0.3) is 0 Å². The SMILES string of the molecule is CCC(C)NC(=O)CCNCc1sccc1C. The summed E-state index contributed by atoms with van der Waals surface area (Å²) >= 11 is 1.76. The summed E-state index contributed by atoms with van der Waals surface area (Å²) in [5, 5.41) is 8.36. The van der Waals surface area contributed by atoms with Gasteiger partial charge in [0.1, 0.15) is 0 Å². The molecular weight excluding hydrogens is 232 g/mol. The summed E-state index contributed by atoms with van der Waals surface area (Å²) < 4.78 is 0. The van der Waals surface area contributed by atoms with Crippen molar-refractivity contribution in [3.63, 3.8) is 0 Å². The molecule has 0 bridgehead atoms. The molecule has 1 aromatic rings. The Morgan fingerprint density at radius 2 is 2.29 bits per heavy atom. The first-order valence-electron chi connectivity index (χ1n) is 6.16. The Hall–Kier alpha value is -0.870. The van der Waals surface area contributed by atoms with Gasteiger partial charge in [-0.1, -0.05) is 6.92 Å². The molecule has 3 nitrogen and oxygen atoms in total. The van der Waals surface area contributed by atoms with Crippen molar-refractivity contribution >= 4 is 17.2 Å². The molecule has 1 rings (SSSR count). The van der Waals surface area contributed by atoms with Crippen LogP contribution in [0.25, 0.3) is 0 Å². The minimum absolute atomic E-state index is 0.134. The van der Waals surface area contributed by atoms with Gasteiger partial charge in [-0.05, 0) is 37.3 Å². The van der Waals surface area contributed by atoms with Crippen molar-refractivity contribution in [2.24, 2.45) is 0 Å². The summed E-state index contributed by atoms with van der Waals surface area (Å²) in [5.74, 6) is 0.134. The third-order valence-corrected chi connectivity index (χ3v) is 3.83. The molecule has 1 unspecified atom stereocenters. The molecule has 0 aromatic carbocycles. The van der Waals surface area contributed by atoms with Gasteiger partial charge in [0.15, 0.2) is 0 Å². The number of carbonyl (C=O) groups is 1. The largest absolute Gasteiger partial charge is 0.354 e. The fourth-order valence-corrected chi connectivity index (χ4v) is 2.31. The van der Waals surface area contributed by atoms with Crippen LogP contribution in [0.15, 0.2) is 11.4 Å². The maximum absolute atomic E-state index is 11.5. The molecule has 1 heterocycles. The second-order valence-electron chi connectivity index (χ2n) is 4.33. The molecule has 0 radical (unpaired) electrons. The molecule has 0 aliphatic rings. The van der Waals surface area contributed by atoms with Crippen molar-refractivity contribution < 1.29 is 4.79 Å². The number of hydrogen-bond donors (Lipinski definition) is 2. The Morgan fingerprint density at radius 1 is 1.53 bits per heavy atom. The Labute approximate surface area is 108 Å². The van der Waals surface area contributed by atoms with Crippen LogP contribution in [0.2, 0.25) is 0 Å². The van der Waals surface area contributed by atoms with E-state index in [9.17, 15) is 4.79 Å². The number of aryl methyl sites for hydroxylation is 1. The molecule has 1 atom stereocenters. The van der Waals surface area contributed by atoms with Gasteiger partial charge < -0.3 is 10.6 Å². The fraction of sp³-hybridized carbons (Fsp3) is 0.615. The maximum Gasteiger partial charge on any atom is 0.221 e. The Morgan fingerprint density at radius 3 is 2.88 bits per heavy atom. The van der Waals surface area contributed by atoms with Crippen molar-refractivity contribution in [1.82, 2.24) is 10.6 Å². The van der Waals surface area contributed by atoms with Crippen molar-refractivity contribution in [2.45, 2.75) is 46.2 Å². The monoisotopic (exact) mass is 254 g/mol. The number of amides is 1. The first kappa shape index (κ1) is 14.2. The van der Waals surface area contributed by atoms with Gasteiger partial charge in [-0.2, -0.15) is 0 Å². The summed E-state index contributed by atoms with van der Waals surface area (Å²) in [5.41, 5.74) is 1.33. The number of carbonyl (C=O) groups excluding carboxylic acids is 1. The van der Waals surface area contributed by atoms with E-state index in [1.54, 1.807) is 11.3 Å². The van der Waals surface area contributed by atoms with E-state index >= 15 is 0 Å². The summed E-state index contributed by atoms with van der Waals surface area (Å²) in [6.45, 7) is 7.81. The summed E-state index contributed by atoms with van der Waals surface area (Å²) in [6.07, 6.45) is 1.53. The lowest BCUT2D eigenvalue weighted by atomic mass is 10.2. The van der Waals surface area contributed by atoms with Crippen LogP contribution in [0.4, 0.5) is 0 Å². The van der Waals surface area contributed by atoms with Crippen LogP contribution in [0.5, 0.6) is 0 Å². The number of hydrogen-bond acceptors (Lipinski definition) is 3. The molecule has 0 saturated heterocycles. The number of nitrogens with one attached hydrogen (secondary N) is 2. The molecule has 1 amide bonds. The molecule has 0 saturated carbocycles. The van der Waals surface area contributed by atoms with Crippen LogP contribution in [0.3, 0.4) is 0 Å². The van der Waals surface area contributed by atoms with E-state index in [1.165, 1.54) is 10.4 Å². The third-order valence-electron chi connectivity index (χ3n) is 2.80. The molecule has 0 aliphatic heterocycles. The highest BCUT2D eigenvalue weighted by molar-refractivity contribution is 7.10. The van der Waals surface area contributed by atoms with Crippen molar-refractivity contribution in [1.29, 1.82) is 0 Å². The smallest absolute Gasteiger partial charge is 0.221 e. The van der Waals surface area contributed by atoms with Crippen LogP contribution >= 0.6 is 11.3 Å². The summed E-state index contributed by atoms with van der Waals surface area (Å²) in [4.78, 5) is 12.8. The van der Waals surface area contributed by atoms with Crippen LogP contribution in [0.1, 0.15) is 37.1 Å². The molecule has 2 N–H and O–H groups in total. The molecule has 17 heavy (non-hydrogen) atoms. The van der Waals surface area contributed by atoms with E-state index in [-0.39, 0.29) is 11.9 Å². The van der Waals surface area contributed by atoms with Gasteiger partial charge >= 0.3 is 0 Å². The van der Waals surface area contributed by atoms with Gasteiger partial charge in [0, 0.05) is 30.4 Å². The minimum Gasteiger partial charge on any atom is -0.354 e. The molecule has 0 spiro atoms. The highest BCUT2D eigenvalue weighted by Crippen LogP contribution is 2.14. The third kappa shape index (κ3) is 5.33. The zero-order valence-corrected chi connectivity index (χ0v) is 11.7. The highest BCUT2D eigenvalue weighted by Gasteiger charge is 2.05. The van der Waals surface area contributed by atoms with E-state index in [4.69, 9.17) is 0 Å². The average molecular weight is 254 g/mol. The molecular formula is C13H22N2OS. The average Bonchev–Trinajstić information content (AvgIpc) is 2.70. The van der Waals surface area contributed by atoms with Crippen molar-refractivity contribution in [2.75, 3.05) is 6.54 Å². The van der Waals surface area contributed by atoms with E-state index in [0.29, 0.717) is 6.42 Å². The van der Waals surface area contributed by atoms with Gasteiger partial charge in [0.05, 0.1) is 0 Å². The van der Waals surface area contributed by atoms with Crippen molar-refractivity contribution in [3.05, 3.63) is 21.9 Å². The predicted molar refractivity (Wildman–Crippen MR) is 73.3 cm³/mol. The van der Waals surface area contributed by atoms with Crippen LogP contribution in [-0.2, 0) is 11.3 Å². The van der Waals surface area contributed by atoms with Crippen LogP contribution in [0, 0.1) is 6.92 Å². The number of rotatable bonds is 7. The Kier molecular flexibility index (Phi) is 6.22. The fourth-order valence-electron chi connectivity index (χ4n) is 1.44. The lowest BCUT2D eigenvalue weighted by Gasteiger charge is -2.11. The normalized spacial score (nSPS) is 12.4. The highest BCUT2D eigenvalue weighted by atomic mass is 32.1. The van der Waals surface area contributed by atoms with Crippen LogP contribution < -0.4 is 10.6 Å². The second kappa shape index (κ2) is 7.45. The Balaban J connectivity index is 2.12. The first-order valence-corrected chi connectivity index (χ1v) is 7.04. The summed E-state index contributed by atoms with van der Waals surface area (Å²) in [7, 11) is 0. The lowest BCUT2D eigenvalue weighted by molar-refractivity contribution is -0.121. The van der Waals surface area contributed by atoms with E-state index in [2.05, 4.69) is 35.9 Å². The van der Waals surface area contributed by atoms with Gasteiger partial charge in [0.2, 0.25) is 5.91 Å². The first-order chi connectivity index (χ1) is 8.13. The van der Waals surface area contributed by atoms with Crippen molar-refractivity contribution in [3.8, 4) is 0 Å². The quantitative estimate of drug-likeness (QED) is 0.734. The standard InChI is InChI=1S/C13H22N2OS/c1-4-11(3)15-13(16)5-7-14-9-12-10(2)6-8-17-12/h6,8,11,14H,4-5,7,9H2,1-3H3,(H,15,16). The van der Waals surface area contributed by atoms with Gasteiger partial charge in [-0.15, -0.1) is 11.3 Å². The lowest BCUT2D eigenvalue weighted by Crippen LogP contribution is -2.33. The van der Waals surface area contributed by atoms with E-state index in [0.717, 1.165) is 19.5 Å². The minimum atomic E-state index is 0.134. The molecule has 0 fully saturated rings. The van der Waals surface area contributed by atoms with Gasteiger partial charge in [-0.3, -0.25) is 4.79 Å². The van der Waals surface area contributed by atoms with Gasteiger partial charge in [-0.25, -0.2) is 0 Å². The van der Waals surface area contributed by atoms with E-state index in [1.807, 2.05) is 6.92 Å². The topological polar surface area (TPSA) is 41.1 Å². The molecule has 1 aromatic heterocycles.